The Morgan fingerprint density at radius 3 is 2.71 bits per heavy atom. The third-order valence-corrected chi connectivity index (χ3v) is 3.42. The van der Waals surface area contributed by atoms with Gasteiger partial charge in [0, 0.05) is 45.5 Å². The van der Waals surface area contributed by atoms with Gasteiger partial charge in [-0.25, -0.2) is 0 Å². The van der Waals surface area contributed by atoms with Gasteiger partial charge in [0.15, 0.2) is 5.96 Å². The number of hydrogen-bond donors (Lipinski definition) is 3. The van der Waals surface area contributed by atoms with Crippen LogP contribution in [0.25, 0.3) is 0 Å². The van der Waals surface area contributed by atoms with Gasteiger partial charge in [0.1, 0.15) is 0 Å². The van der Waals surface area contributed by atoms with Crippen molar-refractivity contribution in [3.05, 3.63) is 35.4 Å². The van der Waals surface area contributed by atoms with E-state index in [0.29, 0.717) is 18.7 Å². The number of rotatable bonds is 10. The Hall–Kier alpha value is -2.08. The van der Waals surface area contributed by atoms with Crippen LogP contribution >= 0.6 is 0 Å². The summed E-state index contributed by atoms with van der Waals surface area (Å²) >= 11 is 0. The van der Waals surface area contributed by atoms with Crippen molar-refractivity contribution in [1.29, 1.82) is 0 Å². The van der Waals surface area contributed by atoms with Crippen molar-refractivity contribution >= 4 is 11.9 Å². The van der Waals surface area contributed by atoms with Gasteiger partial charge < -0.3 is 20.7 Å². The molecule has 1 aromatic rings. The van der Waals surface area contributed by atoms with Gasteiger partial charge in [-0.2, -0.15) is 0 Å². The molecular weight excluding hydrogens is 304 g/mol. The molecule has 0 atom stereocenters. The normalized spacial score (nSPS) is 11.2. The molecule has 0 spiro atoms. The molecule has 3 N–H and O–H groups in total. The number of amides is 1. The molecule has 1 rings (SSSR count). The topological polar surface area (TPSA) is 74.8 Å². The van der Waals surface area contributed by atoms with Crippen LogP contribution in [0.15, 0.2) is 29.3 Å². The average molecular weight is 334 g/mol. The molecule has 0 bridgehead atoms. The van der Waals surface area contributed by atoms with Crippen molar-refractivity contribution < 1.29 is 9.53 Å². The van der Waals surface area contributed by atoms with E-state index in [1.165, 1.54) is 0 Å². The minimum atomic E-state index is -0.0452. The molecule has 0 aliphatic rings. The molecule has 0 fully saturated rings. The largest absolute Gasteiger partial charge is 0.382 e. The third-order valence-electron chi connectivity index (χ3n) is 3.42. The van der Waals surface area contributed by atoms with Crippen LogP contribution in [0.4, 0.5) is 0 Å². The van der Waals surface area contributed by atoms with E-state index in [1.807, 2.05) is 38.1 Å². The van der Waals surface area contributed by atoms with E-state index >= 15 is 0 Å². The Morgan fingerprint density at radius 2 is 2.00 bits per heavy atom. The van der Waals surface area contributed by atoms with E-state index in [2.05, 4.69) is 20.9 Å². The number of hydrogen-bond acceptors (Lipinski definition) is 3. The summed E-state index contributed by atoms with van der Waals surface area (Å²) in [6.07, 6.45) is 2.07. The molecule has 6 heteroatoms. The van der Waals surface area contributed by atoms with Crippen LogP contribution in [0.2, 0.25) is 0 Å². The maximum Gasteiger partial charge on any atom is 0.251 e. The third kappa shape index (κ3) is 7.97. The lowest BCUT2D eigenvalue weighted by Gasteiger charge is -2.12. The maximum absolute atomic E-state index is 11.9. The van der Waals surface area contributed by atoms with Gasteiger partial charge >= 0.3 is 0 Å². The molecule has 134 valence electrons. The van der Waals surface area contributed by atoms with Crippen molar-refractivity contribution in [1.82, 2.24) is 16.0 Å². The zero-order valence-corrected chi connectivity index (χ0v) is 15.0. The number of benzene rings is 1. The highest BCUT2D eigenvalue weighted by Gasteiger charge is 2.05. The first-order valence-corrected chi connectivity index (χ1v) is 8.60. The highest BCUT2D eigenvalue weighted by Crippen LogP contribution is 2.05. The van der Waals surface area contributed by atoms with Gasteiger partial charge in [-0.15, -0.1) is 0 Å². The second kappa shape index (κ2) is 12.4. The number of nitrogens with zero attached hydrogens (tertiary/aromatic N) is 1. The Morgan fingerprint density at radius 1 is 1.17 bits per heavy atom. The molecule has 24 heavy (non-hydrogen) atoms. The van der Waals surface area contributed by atoms with Crippen LogP contribution in [0.3, 0.4) is 0 Å². The van der Waals surface area contributed by atoms with Crippen LogP contribution in [0.1, 0.15) is 42.6 Å². The highest BCUT2D eigenvalue weighted by molar-refractivity contribution is 5.94. The van der Waals surface area contributed by atoms with Gasteiger partial charge in [-0.05, 0) is 44.4 Å². The summed E-state index contributed by atoms with van der Waals surface area (Å²) in [5.74, 6) is 0.714. The average Bonchev–Trinajstić information content (AvgIpc) is 2.61. The van der Waals surface area contributed by atoms with Crippen LogP contribution in [0, 0.1) is 0 Å². The molecule has 0 aliphatic carbocycles. The van der Waals surface area contributed by atoms with E-state index in [4.69, 9.17) is 4.74 Å². The molecule has 0 unspecified atom stereocenters. The summed E-state index contributed by atoms with van der Waals surface area (Å²) in [5, 5.41) is 9.35. The molecule has 0 saturated heterocycles. The molecule has 0 heterocycles. The number of ether oxygens (including phenoxy) is 1. The van der Waals surface area contributed by atoms with Crippen LogP contribution in [-0.4, -0.2) is 45.2 Å². The van der Waals surface area contributed by atoms with Crippen molar-refractivity contribution in [3.8, 4) is 0 Å². The van der Waals surface area contributed by atoms with Crippen molar-refractivity contribution in [2.45, 2.75) is 33.2 Å². The van der Waals surface area contributed by atoms with E-state index in [-0.39, 0.29) is 5.91 Å². The number of aliphatic imine (C=N–C) groups is 1. The lowest BCUT2D eigenvalue weighted by atomic mass is 10.1. The maximum atomic E-state index is 11.9. The molecular formula is C18H30N4O2. The minimum Gasteiger partial charge on any atom is -0.382 e. The summed E-state index contributed by atoms with van der Waals surface area (Å²) in [6, 6.07) is 7.60. The van der Waals surface area contributed by atoms with Gasteiger partial charge in [0.25, 0.3) is 5.91 Å². The summed E-state index contributed by atoms with van der Waals surface area (Å²) in [4.78, 5) is 16.1. The lowest BCUT2D eigenvalue weighted by molar-refractivity contribution is 0.0955. The second-order valence-corrected chi connectivity index (χ2v) is 5.32. The quantitative estimate of drug-likeness (QED) is 0.347. The van der Waals surface area contributed by atoms with Gasteiger partial charge in [0.2, 0.25) is 0 Å². The summed E-state index contributed by atoms with van der Waals surface area (Å²) in [5.41, 5.74) is 1.72. The lowest BCUT2D eigenvalue weighted by Crippen LogP contribution is -2.37. The van der Waals surface area contributed by atoms with Crippen molar-refractivity contribution in [2.75, 3.05) is 33.4 Å². The zero-order chi connectivity index (χ0) is 17.6. The fourth-order valence-corrected chi connectivity index (χ4v) is 2.17. The number of guanidine groups is 1. The fourth-order valence-electron chi connectivity index (χ4n) is 2.17. The Balaban J connectivity index is 2.38. The summed E-state index contributed by atoms with van der Waals surface area (Å²) < 4.78 is 5.31. The smallest absolute Gasteiger partial charge is 0.251 e. The summed E-state index contributed by atoms with van der Waals surface area (Å²) in [7, 11) is 1.75. The Bertz CT molecular complexity index is 517. The highest BCUT2D eigenvalue weighted by atomic mass is 16.5. The van der Waals surface area contributed by atoms with Crippen molar-refractivity contribution in [3.63, 3.8) is 0 Å². The van der Waals surface area contributed by atoms with E-state index in [0.717, 1.165) is 44.1 Å². The molecule has 1 amide bonds. The molecule has 0 aromatic heterocycles. The zero-order valence-electron chi connectivity index (χ0n) is 15.0. The predicted molar refractivity (Wildman–Crippen MR) is 98.4 cm³/mol. The van der Waals surface area contributed by atoms with Gasteiger partial charge in [-0.1, -0.05) is 12.1 Å². The first-order valence-electron chi connectivity index (χ1n) is 8.60. The van der Waals surface area contributed by atoms with Gasteiger partial charge in [0.05, 0.1) is 0 Å². The minimum absolute atomic E-state index is 0.0452. The molecule has 6 nitrogen and oxygen atoms in total. The molecule has 0 saturated carbocycles. The fraction of sp³-hybridized carbons (Fsp3) is 0.556. The standard InChI is InChI=1S/C18H30N4O2/c1-4-20-17(23)16-10-8-9-15(13-16)14-22-18(19-3)21-11-6-7-12-24-5-2/h8-10,13H,4-7,11-12,14H2,1-3H3,(H,20,23)(H2,19,21,22). The van der Waals surface area contributed by atoms with E-state index < -0.39 is 0 Å². The monoisotopic (exact) mass is 334 g/mol. The SMILES string of the molecule is CCNC(=O)c1cccc(CNC(=NC)NCCCCOCC)c1. The van der Waals surface area contributed by atoms with Crippen LogP contribution in [0.5, 0.6) is 0 Å². The van der Waals surface area contributed by atoms with Crippen LogP contribution in [-0.2, 0) is 11.3 Å². The Kier molecular flexibility index (Phi) is 10.3. The molecule has 0 aliphatic heterocycles. The number of carbonyl (C=O) groups excluding carboxylic acids is 1. The van der Waals surface area contributed by atoms with Crippen molar-refractivity contribution in [2.24, 2.45) is 4.99 Å². The van der Waals surface area contributed by atoms with Gasteiger partial charge in [-0.3, -0.25) is 9.79 Å². The van der Waals surface area contributed by atoms with Crippen LogP contribution < -0.4 is 16.0 Å². The number of nitrogens with one attached hydrogen (secondary N) is 3. The molecule has 1 aromatic carbocycles. The van der Waals surface area contributed by atoms with E-state index in [9.17, 15) is 4.79 Å². The predicted octanol–water partition coefficient (Wildman–Crippen LogP) is 1.92. The molecule has 0 radical (unpaired) electrons. The number of carbonyl (C=O) groups is 1. The summed E-state index contributed by atoms with van der Waals surface area (Å²) in [6.45, 7) is 7.58. The first-order chi connectivity index (χ1) is 11.7. The van der Waals surface area contributed by atoms with E-state index in [1.54, 1.807) is 7.05 Å². The Labute approximate surface area is 145 Å². The second-order valence-electron chi connectivity index (χ2n) is 5.32. The first kappa shape index (κ1) is 20.0. The number of unbranched alkanes of at least 4 members (excludes halogenated alkanes) is 1.